The number of carbonyl (C=O) groups excluding carboxylic acids is 1. The summed E-state index contributed by atoms with van der Waals surface area (Å²) in [5, 5.41) is 0. The first-order chi connectivity index (χ1) is 9.52. The zero-order valence-corrected chi connectivity index (χ0v) is 10.8. The molecule has 0 bridgehead atoms. The van der Waals surface area contributed by atoms with E-state index in [1.54, 1.807) is 18.2 Å². The molecule has 1 aromatic heterocycles. The lowest BCUT2D eigenvalue weighted by molar-refractivity contribution is 0.0600. The number of esters is 1. The van der Waals surface area contributed by atoms with Crippen molar-refractivity contribution in [3.05, 3.63) is 62.4 Å². The third-order valence-electron chi connectivity index (χ3n) is 2.81. The van der Waals surface area contributed by atoms with Gasteiger partial charge in [0.25, 0.3) is 5.56 Å². The Morgan fingerprint density at radius 2 is 2.10 bits per heavy atom. The number of aromatic nitrogens is 2. The zero-order valence-electron chi connectivity index (χ0n) is 10.8. The third-order valence-corrected chi connectivity index (χ3v) is 2.81. The SMILES string of the molecule is COC(=O)c1c(N)cccc1Cn1ccc(=O)[nH]c1=O. The van der Waals surface area contributed by atoms with Crippen LogP contribution >= 0.6 is 0 Å². The van der Waals surface area contributed by atoms with Gasteiger partial charge in [-0.15, -0.1) is 0 Å². The van der Waals surface area contributed by atoms with Crippen LogP contribution in [0.2, 0.25) is 0 Å². The van der Waals surface area contributed by atoms with Crippen molar-refractivity contribution in [1.29, 1.82) is 0 Å². The Labute approximate surface area is 113 Å². The number of ether oxygens (including phenoxy) is 1. The number of nitrogens with two attached hydrogens (primary N) is 1. The summed E-state index contributed by atoms with van der Waals surface area (Å²) in [6, 6.07) is 6.14. The van der Waals surface area contributed by atoms with Crippen molar-refractivity contribution in [2.75, 3.05) is 12.8 Å². The Hall–Kier alpha value is -2.83. The lowest BCUT2D eigenvalue weighted by Gasteiger charge is -2.11. The van der Waals surface area contributed by atoms with E-state index in [0.29, 0.717) is 5.56 Å². The molecule has 7 heteroatoms. The fourth-order valence-electron chi connectivity index (χ4n) is 1.86. The molecule has 0 saturated heterocycles. The number of benzene rings is 1. The molecule has 0 unspecified atom stereocenters. The van der Waals surface area contributed by atoms with Gasteiger partial charge >= 0.3 is 11.7 Å². The summed E-state index contributed by atoms with van der Waals surface area (Å²) >= 11 is 0. The van der Waals surface area contributed by atoms with Crippen LogP contribution in [0, 0.1) is 0 Å². The van der Waals surface area contributed by atoms with Gasteiger partial charge in [-0.25, -0.2) is 9.59 Å². The van der Waals surface area contributed by atoms with E-state index in [1.165, 1.54) is 23.9 Å². The molecular weight excluding hydrogens is 262 g/mol. The van der Waals surface area contributed by atoms with E-state index < -0.39 is 17.2 Å². The second-order valence-electron chi connectivity index (χ2n) is 4.11. The van der Waals surface area contributed by atoms with Crippen LogP contribution in [0.3, 0.4) is 0 Å². The molecule has 0 aliphatic rings. The quantitative estimate of drug-likeness (QED) is 0.603. The fourth-order valence-corrected chi connectivity index (χ4v) is 1.86. The summed E-state index contributed by atoms with van der Waals surface area (Å²) in [7, 11) is 1.25. The molecule has 2 aromatic rings. The highest BCUT2D eigenvalue weighted by atomic mass is 16.5. The van der Waals surface area contributed by atoms with E-state index in [9.17, 15) is 14.4 Å². The van der Waals surface area contributed by atoms with Crippen LogP contribution in [0.5, 0.6) is 0 Å². The average Bonchev–Trinajstić information content (AvgIpc) is 2.41. The van der Waals surface area contributed by atoms with Gasteiger partial charge in [0.2, 0.25) is 0 Å². The summed E-state index contributed by atoms with van der Waals surface area (Å²) in [6.07, 6.45) is 1.35. The second kappa shape index (κ2) is 5.43. The van der Waals surface area contributed by atoms with Gasteiger partial charge in [0.1, 0.15) is 0 Å². The van der Waals surface area contributed by atoms with Crippen LogP contribution in [0.15, 0.2) is 40.1 Å². The number of methoxy groups -OCH3 is 1. The molecule has 104 valence electrons. The van der Waals surface area contributed by atoms with Crippen LogP contribution in [-0.2, 0) is 11.3 Å². The van der Waals surface area contributed by atoms with E-state index in [-0.39, 0.29) is 17.8 Å². The number of carbonyl (C=O) groups is 1. The van der Waals surface area contributed by atoms with Crippen molar-refractivity contribution in [1.82, 2.24) is 9.55 Å². The summed E-state index contributed by atoms with van der Waals surface area (Å²) in [4.78, 5) is 36.5. The third kappa shape index (κ3) is 2.61. The molecule has 0 spiro atoms. The van der Waals surface area contributed by atoms with Gasteiger partial charge in [0.15, 0.2) is 0 Å². The molecule has 0 fully saturated rings. The molecule has 20 heavy (non-hydrogen) atoms. The Kier molecular flexibility index (Phi) is 3.69. The predicted molar refractivity (Wildman–Crippen MR) is 72.6 cm³/mol. The van der Waals surface area contributed by atoms with Crippen molar-refractivity contribution < 1.29 is 9.53 Å². The number of aromatic amines is 1. The first-order valence-corrected chi connectivity index (χ1v) is 5.78. The zero-order chi connectivity index (χ0) is 14.7. The molecule has 0 aliphatic carbocycles. The van der Waals surface area contributed by atoms with Gasteiger partial charge in [-0.1, -0.05) is 12.1 Å². The van der Waals surface area contributed by atoms with E-state index >= 15 is 0 Å². The molecule has 1 aromatic carbocycles. The summed E-state index contributed by atoms with van der Waals surface area (Å²) in [5.41, 5.74) is 5.75. The molecule has 1 heterocycles. The number of H-pyrrole nitrogens is 1. The van der Waals surface area contributed by atoms with Crippen LogP contribution in [0.1, 0.15) is 15.9 Å². The van der Waals surface area contributed by atoms with Crippen LogP contribution < -0.4 is 17.0 Å². The van der Waals surface area contributed by atoms with E-state index in [1.807, 2.05) is 0 Å². The Bertz CT molecular complexity index is 761. The highest BCUT2D eigenvalue weighted by Gasteiger charge is 2.15. The number of hydrogen-bond acceptors (Lipinski definition) is 5. The Morgan fingerprint density at radius 3 is 2.75 bits per heavy atom. The van der Waals surface area contributed by atoms with Crippen molar-refractivity contribution in [3.63, 3.8) is 0 Å². The predicted octanol–water partition coefficient (Wildman–Crippen LogP) is -0.0463. The van der Waals surface area contributed by atoms with Gasteiger partial charge in [-0.3, -0.25) is 14.3 Å². The fraction of sp³-hybridized carbons (Fsp3) is 0.154. The largest absolute Gasteiger partial charge is 0.465 e. The van der Waals surface area contributed by atoms with Gasteiger partial charge in [-0.05, 0) is 11.6 Å². The number of nitrogen functional groups attached to an aromatic ring is 1. The number of nitrogens with zero attached hydrogens (tertiary/aromatic N) is 1. The molecular formula is C13H13N3O4. The monoisotopic (exact) mass is 275 g/mol. The van der Waals surface area contributed by atoms with Gasteiger partial charge in [0.05, 0.1) is 19.2 Å². The summed E-state index contributed by atoms with van der Waals surface area (Å²) in [6.45, 7) is 0.102. The molecule has 0 radical (unpaired) electrons. The molecule has 0 saturated carbocycles. The molecule has 3 N–H and O–H groups in total. The van der Waals surface area contributed by atoms with Crippen LogP contribution in [-0.4, -0.2) is 22.6 Å². The van der Waals surface area contributed by atoms with Crippen molar-refractivity contribution in [2.24, 2.45) is 0 Å². The first-order valence-electron chi connectivity index (χ1n) is 5.78. The van der Waals surface area contributed by atoms with Crippen molar-refractivity contribution in [3.8, 4) is 0 Å². The maximum absolute atomic E-state index is 11.7. The minimum Gasteiger partial charge on any atom is -0.465 e. The molecule has 0 atom stereocenters. The highest BCUT2D eigenvalue weighted by molar-refractivity contribution is 5.96. The van der Waals surface area contributed by atoms with Crippen LogP contribution in [0.4, 0.5) is 5.69 Å². The van der Waals surface area contributed by atoms with Gasteiger partial charge < -0.3 is 10.5 Å². The lowest BCUT2D eigenvalue weighted by Crippen LogP contribution is -2.29. The van der Waals surface area contributed by atoms with E-state index in [4.69, 9.17) is 5.73 Å². The first kappa shape index (κ1) is 13.6. The van der Waals surface area contributed by atoms with Crippen LogP contribution in [0.25, 0.3) is 0 Å². The molecule has 7 nitrogen and oxygen atoms in total. The maximum Gasteiger partial charge on any atom is 0.340 e. The lowest BCUT2D eigenvalue weighted by atomic mass is 10.1. The topological polar surface area (TPSA) is 107 Å². The number of anilines is 1. The maximum atomic E-state index is 11.7. The summed E-state index contributed by atoms with van der Waals surface area (Å²) in [5.74, 6) is -0.574. The standard InChI is InChI=1S/C13H13N3O4/c1-20-12(18)11-8(3-2-4-9(11)14)7-16-6-5-10(17)15-13(16)19/h2-6H,7,14H2,1H3,(H,15,17,19). The minimum atomic E-state index is -0.574. The van der Waals surface area contributed by atoms with Gasteiger partial charge in [-0.2, -0.15) is 0 Å². The number of nitrogens with one attached hydrogen (secondary N) is 1. The minimum absolute atomic E-state index is 0.102. The molecule has 2 rings (SSSR count). The van der Waals surface area contributed by atoms with E-state index in [0.717, 1.165) is 0 Å². The molecule has 0 amide bonds. The number of hydrogen-bond donors (Lipinski definition) is 2. The van der Waals surface area contributed by atoms with Crippen molar-refractivity contribution in [2.45, 2.75) is 6.54 Å². The second-order valence-corrected chi connectivity index (χ2v) is 4.11. The smallest absolute Gasteiger partial charge is 0.340 e. The molecule has 0 aliphatic heterocycles. The van der Waals surface area contributed by atoms with E-state index in [2.05, 4.69) is 9.72 Å². The Balaban J connectivity index is 2.49. The number of rotatable bonds is 3. The van der Waals surface area contributed by atoms with Crippen molar-refractivity contribution >= 4 is 11.7 Å². The average molecular weight is 275 g/mol. The summed E-state index contributed by atoms with van der Waals surface area (Å²) < 4.78 is 5.95. The highest BCUT2D eigenvalue weighted by Crippen LogP contribution is 2.18. The van der Waals surface area contributed by atoms with Gasteiger partial charge in [0, 0.05) is 18.0 Å². The normalized spacial score (nSPS) is 10.2. The Morgan fingerprint density at radius 1 is 1.35 bits per heavy atom.